The lowest BCUT2D eigenvalue weighted by Gasteiger charge is -2.14. The minimum atomic E-state index is -0.129. The van der Waals surface area contributed by atoms with Gasteiger partial charge in [0, 0.05) is 54.8 Å². The van der Waals surface area contributed by atoms with Gasteiger partial charge in [-0.25, -0.2) is 0 Å². The van der Waals surface area contributed by atoms with Crippen LogP contribution in [0.2, 0.25) is 0 Å². The number of phenolic OH excluding ortho intramolecular Hbond substituents is 3. The molecule has 0 aliphatic rings. The fourth-order valence-corrected chi connectivity index (χ4v) is 2.49. The molecular formula is C18H16N2O3. The zero-order valence-electron chi connectivity index (χ0n) is 12.3. The molecule has 2 heterocycles. The maximum absolute atomic E-state index is 10.5. The van der Waals surface area contributed by atoms with Gasteiger partial charge in [-0.2, -0.15) is 0 Å². The summed E-state index contributed by atoms with van der Waals surface area (Å²) in [5.74, 6) is -0.346. The zero-order valence-corrected chi connectivity index (χ0v) is 12.3. The maximum Gasteiger partial charge on any atom is 0.130 e. The Labute approximate surface area is 133 Å². The van der Waals surface area contributed by atoms with Crippen LogP contribution in [-0.2, 0) is 12.8 Å². The van der Waals surface area contributed by atoms with E-state index in [1.807, 2.05) is 24.3 Å². The maximum atomic E-state index is 10.5. The molecule has 0 spiro atoms. The number of nitrogens with zero attached hydrogens (tertiary/aromatic N) is 2. The van der Waals surface area contributed by atoms with Crippen LogP contribution in [0.5, 0.6) is 17.2 Å². The monoisotopic (exact) mass is 308 g/mol. The summed E-state index contributed by atoms with van der Waals surface area (Å²) in [6.07, 6.45) is 7.32. The van der Waals surface area contributed by atoms with Crippen molar-refractivity contribution in [3.05, 3.63) is 77.4 Å². The summed E-state index contributed by atoms with van der Waals surface area (Å²) in [4.78, 5) is 7.90. The summed E-state index contributed by atoms with van der Waals surface area (Å²) in [6.45, 7) is 0. The lowest BCUT2D eigenvalue weighted by molar-refractivity contribution is 0.413. The van der Waals surface area contributed by atoms with E-state index in [9.17, 15) is 15.3 Å². The molecule has 3 aromatic rings. The second-order valence-corrected chi connectivity index (χ2v) is 5.29. The Morgan fingerprint density at radius 3 is 1.43 bits per heavy atom. The number of benzene rings is 1. The topological polar surface area (TPSA) is 86.5 Å². The normalized spacial score (nSPS) is 10.6. The fraction of sp³-hybridized carbons (Fsp3) is 0.111. The number of rotatable bonds is 4. The van der Waals surface area contributed by atoms with Gasteiger partial charge in [-0.3, -0.25) is 9.97 Å². The van der Waals surface area contributed by atoms with Crippen molar-refractivity contribution in [3.8, 4) is 17.2 Å². The highest BCUT2D eigenvalue weighted by Gasteiger charge is 2.18. The van der Waals surface area contributed by atoms with E-state index in [0.717, 1.165) is 11.1 Å². The number of phenols is 3. The molecule has 3 rings (SSSR count). The summed E-state index contributed by atoms with van der Waals surface area (Å²) >= 11 is 0. The molecule has 0 radical (unpaired) electrons. The molecule has 116 valence electrons. The molecule has 0 unspecified atom stereocenters. The number of hydrogen-bond donors (Lipinski definition) is 3. The lowest BCUT2D eigenvalue weighted by Crippen LogP contribution is -1.96. The van der Waals surface area contributed by atoms with Crippen LogP contribution >= 0.6 is 0 Å². The molecule has 2 aromatic heterocycles. The van der Waals surface area contributed by atoms with Crippen molar-refractivity contribution in [2.24, 2.45) is 0 Å². The molecule has 0 bridgehead atoms. The first-order valence-corrected chi connectivity index (χ1v) is 7.18. The van der Waals surface area contributed by atoms with Crippen LogP contribution in [0.1, 0.15) is 22.3 Å². The van der Waals surface area contributed by atoms with Gasteiger partial charge < -0.3 is 15.3 Å². The minimum Gasteiger partial charge on any atom is -0.507 e. The average Bonchev–Trinajstić information content (AvgIpc) is 2.57. The molecule has 0 aliphatic heterocycles. The molecule has 0 aliphatic carbocycles. The number of aromatic hydroxyl groups is 3. The largest absolute Gasteiger partial charge is 0.507 e. The van der Waals surface area contributed by atoms with Crippen molar-refractivity contribution in [1.29, 1.82) is 0 Å². The van der Waals surface area contributed by atoms with Crippen LogP contribution in [0.15, 0.2) is 55.1 Å². The van der Waals surface area contributed by atoms with Crippen molar-refractivity contribution >= 4 is 0 Å². The van der Waals surface area contributed by atoms with Crippen LogP contribution in [0.4, 0.5) is 0 Å². The van der Waals surface area contributed by atoms with Gasteiger partial charge in [0.1, 0.15) is 17.2 Å². The molecular weight excluding hydrogens is 292 g/mol. The first-order valence-electron chi connectivity index (χ1n) is 7.18. The Morgan fingerprint density at radius 2 is 1.04 bits per heavy atom. The predicted molar refractivity (Wildman–Crippen MR) is 85.5 cm³/mol. The Bertz CT molecular complexity index is 740. The molecule has 0 saturated carbocycles. The molecule has 0 saturated heterocycles. The van der Waals surface area contributed by atoms with Crippen LogP contribution < -0.4 is 0 Å². The van der Waals surface area contributed by atoms with Crippen molar-refractivity contribution in [1.82, 2.24) is 9.97 Å². The average molecular weight is 308 g/mol. The molecule has 0 fully saturated rings. The highest BCUT2D eigenvalue weighted by Crippen LogP contribution is 2.39. The molecule has 0 atom stereocenters. The van der Waals surface area contributed by atoms with E-state index >= 15 is 0 Å². The predicted octanol–water partition coefficient (Wildman–Crippen LogP) is 2.78. The van der Waals surface area contributed by atoms with E-state index in [1.165, 1.54) is 6.07 Å². The van der Waals surface area contributed by atoms with Gasteiger partial charge in [0.05, 0.1) is 0 Å². The van der Waals surface area contributed by atoms with Crippen molar-refractivity contribution in [2.45, 2.75) is 12.8 Å². The summed E-state index contributed by atoms with van der Waals surface area (Å²) in [6, 6.07) is 8.53. The fourth-order valence-electron chi connectivity index (χ4n) is 2.49. The molecule has 3 N–H and O–H groups in total. The van der Waals surface area contributed by atoms with Crippen LogP contribution in [0, 0.1) is 0 Å². The van der Waals surface area contributed by atoms with Crippen LogP contribution in [0.3, 0.4) is 0 Å². The van der Waals surface area contributed by atoms with Gasteiger partial charge >= 0.3 is 0 Å². The van der Waals surface area contributed by atoms with E-state index in [1.54, 1.807) is 24.8 Å². The Morgan fingerprint density at radius 1 is 0.652 bits per heavy atom. The number of pyridine rings is 2. The van der Waals surface area contributed by atoms with Gasteiger partial charge in [-0.05, 0) is 35.4 Å². The summed E-state index contributed by atoms with van der Waals surface area (Å²) < 4.78 is 0. The Balaban J connectivity index is 1.99. The highest BCUT2D eigenvalue weighted by atomic mass is 16.3. The molecule has 23 heavy (non-hydrogen) atoms. The third-order valence-electron chi connectivity index (χ3n) is 3.72. The standard InChI is InChI=1S/C18H16N2O3/c21-16-11-17(22)15(10-13-3-7-20-8-4-13)18(23)14(16)9-12-1-5-19-6-2-12/h1-8,11,21-23H,9-10H2. The van der Waals surface area contributed by atoms with Gasteiger partial charge in [0.15, 0.2) is 0 Å². The SMILES string of the molecule is Oc1cc(O)c(Cc2ccncc2)c(O)c1Cc1ccncc1. The van der Waals surface area contributed by atoms with Gasteiger partial charge in [-0.1, -0.05) is 0 Å². The van der Waals surface area contributed by atoms with E-state index in [-0.39, 0.29) is 17.2 Å². The van der Waals surface area contributed by atoms with Crippen molar-refractivity contribution in [2.75, 3.05) is 0 Å². The van der Waals surface area contributed by atoms with Gasteiger partial charge in [-0.15, -0.1) is 0 Å². The first-order chi connectivity index (χ1) is 11.1. The summed E-state index contributed by atoms with van der Waals surface area (Å²) in [5.41, 5.74) is 2.59. The van der Waals surface area contributed by atoms with Crippen molar-refractivity contribution < 1.29 is 15.3 Å². The number of aromatic nitrogens is 2. The third kappa shape index (κ3) is 3.23. The molecule has 5 nitrogen and oxygen atoms in total. The van der Waals surface area contributed by atoms with E-state index in [2.05, 4.69) is 9.97 Å². The van der Waals surface area contributed by atoms with Gasteiger partial charge in [0.2, 0.25) is 0 Å². The highest BCUT2D eigenvalue weighted by molar-refractivity contribution is 5.57. The Hall–Kier alpha value is -3.08. The second kappa shape index (κ2) is 6.36. The van der Waals surface area contributed by atoms with Crippen LogP contribution in [0.25, 0.3) is 0 Å². The minimum absolute atomic E-state index is 0.0869. The van der Waals surface area contributed by atoms with E-state index in [0.29, 0.717) is 24.0 Å². The van der Waals surface area contributed by atoms with Crippen LogP contribution in [-0.4, -0.2) is 25.3 Å². The summed E-state index contributed by atoms with van der Waals surface area (Å²) in [5, 5.41) is 30.7. The summed E-state index contributed by atoms with van der Waals surface area (Å²) in [7, 11) is 0. The third-order valence-corrected chi connectivity index (χ3v) is 3.72. The quantitative estimate of drug-likeness (QED) is 0.690. The smallest absolute Gasteiger partial charge is 0.130 e. The first kappa shape index (κ1) is 14.8. The molecule has 0 amide bonds. The molecule has 5 heteroatoms. The molecule has 1 aromatic carbocycles. The second-order valence-electron chi connectivity index (χ2n) is 5.29. The van der Waals surface area contributed by atoms with Gasteiger partial charge in [0.25, 0.3) is 0 Å². The number of hydrogen-bond acceptors (Lipinski definition) is 5. The van der Waals surface area contributed by atoms with E-state index in [4.69, 9.17) is 0 Å². The van der Waals surface area contributed by atoms with E-state index < -0.39 is 0 Å². The zero-order chi connectivity index (χ0) is 16.2. The van der Waals surface area contributed by atoms with Crippen molar-refractivity contribution in [3.63, 3.8) is 0 Å². The lowest BCUT2D eigenvalue weighted by atomic mass is 9.96. The Kier molecular flexibility index (Phi) is 4.10.